The number of hydrogen-bond donors (Lipinski definition) is 1. The second kappa shape index (κ2) is 7.09. The van der Waals surface area contributed by atoms with Crippen molar-refractivity contribution in [3.8, 4) is 0 Å². The van der Waals surface area contributed by atoms with Crippen molar-refractivity contribution in [1.29, 1.82) is 0 Å². The maximum absolute atomic E-state index is 13.2. The first kappa shape index (κ1) is 17.1. The molecule has 26 heavy (non-hydrogen) atoms. The van der Waals surface area contributed by atoms with Crippen molar-refractivity contribution in [2.45, 2.75) is 16.2 Å². The summed E-state index contributed by atoms with van der Waals surface area (Å²) in [6.45, 7) is 3.86. The number of sulfone groups is 1. The third-order valence-corrected chi connectivity index (χ3v) is 6.71. The van der Waals surface area contributed by atoms with Crippen LogP contribution in [-0.2, 0) is 9.84 Å². The van der Waals surface area contributed by atoms with Gasteiger partial charge in [-0.05, 0) is 37.2 Å². The van der Waals surface area contributed by atoms with Gasteiger partial charge in [0.15, 0.2) is 0 Å². The molecule has 0 aromatic heterocycles. The molecule has 0 bridgehead atoms. The Balaban J connectivity index is 1.87. The van der Waals surface area contributed by atoms with Crippen LogP contribution in [0.25, 0.3) is 10.8 Å². The number of benzene rings is 3. The number of nitrogens with one attached hydrogen (secondary N) is 1. The minimum absolute atomic E-state index is 0.330. The Labute approximate surface area is 154 Å². The van der Waals surface area contributed by atoms with Gasteiger partial charge in [0, 0.05) is 36.1 Å². The number of rotatable bonds is 3. The maximum atomic E-state index is 13.2. The molecule has 3 aromatic carbocycles. The summed E-state index contributed by atoms with van der Waals surface area (Å²) in [5, 5.41) is 5.19. The molecule has 5 heteroatoms. The van der Waals surface area contributed by atoms with Crippen LogP contribution >= 0.6 is 0 Å². The monoisotopic (exact) mass is 366 g/mol. The van der Waals surface area contributed by atoms with Crippen molar-refractivity contribution in [2.24, 2.45) is 0 Å². The van der Waals surface area contributed by atoms with Gasteiger partial charge in [0.25, 0.3) is 0 Å². The minimum atomic E-state index is -3.55. The Bertz CT molecular complexity index is 1010. The third-order valence-electron chi connectivity index (χ3n) is 4.88. The van der Waals surface area contributed by atoms with Crippen molar-refractivity contribution in [3.05, 3.63) is 66.7 Å². The summed E-state index contributed by atoms with van der Waals surface area (Å²) in [5.74, 6) is 0. The van der Waals surface area contributed by atoms with Gasteiger partial charge in [0.2, 0.25) is 9.84 Å². The van der Waals surface area contributed by atoms with Crippen molar-refractivity contribution in [2.75, 3.05) is 31.1 Å². The van der Waals surface area contributed by atoms with Crippen LogP contribution in [0.2, 0.25) is 0 Å². The lowest BCUT2D eigenvalue weighted by molar-refractivity contribution is 0.597. The van der Waals surface area contributed by atoms with Crippen LogP contribution < -0.4 is 10.2 Å². The fourth-order valence-electron chi connectivity index (χ4n) is 3.58. The highest BCUT2D eigenvalue weighted by Gasteiger charge is 2.22. The first-order valence-corrected chi connectivity index (χ1v) is 10.4. The number of hydrogen-bond acceptors (Lipinski definition) is 4. The molecule has 1 heterocycles. The van der Waals surface area contributed by atoms with E-state index in [9.17, 15) is 8.42 Å². The molecule has 0 atom stereocenters. The Morgan fingerprint density at radius 2 is 1.50 bits per heavy atom. The Kier molecular flexibility index (Phi) is 4.66. The summed E-state index contributed by atoms with van der Waals surface area (Å²) in [5.41, 5.74) is 1.11. The summed E-state index contributed by atoms with van der Waals surface area (Å²) in [7, 11) is -3.55. The lowest BCUT2D eigenvalue weighted by Gasteiger charge is -2.25. The van der Waals surface area contributed by atoms with Gasteiger partial charge in [-0.3, -0.25) is 0 Å². The molecule has 0 aliphatic carbocycles. The first-order valence-electron chi connectivity index (χ1n) is 8.95. The summed E-state index contributed by atoms with van der Waals surface area (Å²) in [6, 6.07) is 20.2. The van der Waals surface area contributed by atoms with Crippen LogP contribution in [0.3, 0.4) is 0 Å². The van der Waals surface area contributed by atoms with Gasteiger partial charge in [0.05, 0.1) is 9.79 Å². The predicted octanol–water partition coefficient (Wildman–Crippen LogP) is 3.47. The van der Waals surface area contributed by atoms with E-state index in [1.807, 2.05) is 36.4 Å². The van der Waals surface area contributed by atoms with Gasteiger partial charge in [-0.15, -0.1) is 0 Å². The Morgan fingerprint density at radius 3 is 2.31 bits per heavy atom. The summed E-state index contributed by atoms with van der Waals surface area (Å²) >= 11 is 0. The van der Waals surface area contributed by atoms with Crippen molar-refractivity contribution in [3.63, 3.8) is 0 Å². The highest BCUT2D eigenvalue weighted by Crippen LogP contribution is 2.34. The summed E-state index contributed by atoms with van der Waals surface area (Å²) < 4.78 is 26.3. The molecule has 134 valence electrons. The van der Waals surface area contributed by atoms with Crippen LogP contribution in [-0.4, -0.2) is 34.6 Å². The smallest absolute Gasteiger partial charge is 0.207 e. The van der Waals surface area contributed by atoms with E-state index in [0.29, 0.717) is 9.79 Å². The van der Waals surface area contributed by atoms with E-state index >= 15 is 0 Å². The van der Waals surface area contributed by atoms with Crippen LogP contribution in [0.15, 0.2) is 76.5 Å². The number of nitrogens with zero attached hydrogens (tertiary/aromatic N) is 1. The normalized spacial score (nSPS) is 15.8. The lowest BCUT2D eigenvalue weighted by Crippen LogP contribution is -2.28. The van der Waals surface area contributed by atoms with E-state index in [-0.39, 0.29) is 0 Å². The zero-order valence-corrected chi connectivity index (χ0v) is 15.4. The van der Waals surface area contributed by atoms with Gasteiger partial charge >= 0.3 is 0 Å². The summed E-state index contributed by atoms with van der Waals surface area (Å²) in [4.78, 5) is 3.05. The molecule has 3 aromatic rings. The number of fused-ring (bicyclic) bond motifs is 1. The van der Waals surface area contributed by atoms with Crippen LogP contribution in [0.1, 0.15) is 6.42 Å². The van der Waals surface area contributed by atoms with Crippen molar-refractivity contribution >= 4 is 26.3 Å². The Hall–Kier alpha value is -2.37. The molecule has 1 saturated heterocycles. The standard InChI is InChI=1S/C21H22N2O2S/c24-26(25,17-7-2-1-3-8-17)21-12-11-20(18-9-4-5-10-19(18)21)23-15-6-13-22-14-16-23/h1-5,7-12,22H,6,13-16H2. The molecule has 0 amide bonds. The SMILES string of the molecule is O=S(=O)(c1ccccc1)c1ccc(N2CCCNCC2)c2ccccc12. The molecule has 1 N–H and O–H groups in total. The topological polar surface area (TPSA) is 49.4 Å². The first-order chi connectivity index (χ1) is 12.7. The molecule has 4 nitrogen and oxygen atoms in total. The molecule has 1 aliphatic rings. The molecule has 4 rings (SSSR count). The second-order valence-electron chi connectivity index (χ2n) is 6.54. The molecule has 1 aliphatic heterocycles. The van der Waals surface area contributed by atoms with Gasteiger partial charge in [-0.2, -0.15) is 0 Å². The highest BCUT2D eigenvalue weighted by molar-refractivity contribution is 7.91. The molecule has 0 spiro atoms. The fraction of sp³-hybridized carbons (Fsp3) is 0.238. The number of anilines is 1. The molecular formula is C21H22N2O2S. The molecule has 1 fully saturated rings. The van der Waals surface area contributed by atoms with Gasteiger partial charge in [-0.1, -0.05) is 42.5 Å². The maximum Gasteiger partial charge on any atom is 0.207 e. The van der Waals surface area contributed by atoms with Gasteiger partial charge in [-0.25, -0.2) is 8.42 Å². The van der Waals surface area contributed by atoms with E-state index in [0.717, 1.165) is 49.1 Å². The van der Waals surface area contributed by atoms with Crippen LogP contribution in [0.4, 0.5) is 5.69 Å². The van der Waals surface area contributed by atoms with Crippen molar-refractivity contribution in [1.82, 2.24) is 5.32 Å². The zero-order valence-electron chi connectivity index (χ0n) is 14.6. The fourth-order valence-corrected chi connectivity index (χ4v) is 5.06. The van der Waals surface area contributed by atoms with Crippen LogP contribution in [0, 0.1) is 0 Å². The van der Waals surface area contributed by atoms with E-state index in [1.165, 1.54) is 0 Å². The minimum Gasteiger partial charge on any atom is -0.370 e. The summed E-state index contributed by atoms with van der Waals surface area (Å²) in [6.07, 6.45) is 1.08. The quantitative estimate of drug-likeness (QED) is 0.771. The van der Waals surface area contributed by atoms with Crippen molar-refractivity contribution < 1.29 is 8.42 Å². The average molecular weight is 366 g/mol. The highest BCUT2D eigenvalue weighted by atomic mass is 32.2. The average Bonchev–Trinajstić information content (AvgIpc) is 2.97. The van der Waals surface area contributed by atoms with Crippen LogP contribution in [0.5, 0.6) is 0 Å². The molecular weight excluding hydrogens is 344 g/mol. The largest absolute Gasteiger partial charge is 0.370 e. The predicted molar refractivity (Wildman–Crippen MR) is 106 cm³/mol. The third kappa shape index (κ3) is 3.08. The molecule has 0 unspecified atom stereocenters. The van der Waals surface area contributed by atoms with E-state index < -0.39 is 9.84 Å². The van der Waals surface area contributed by atoms with E-state index in [2.05, 4.69) is 10.2 Å². The Morgan fingerprint density at radius 1 is 0.769 bits per heavy atom. The van der Waals surface area contributed by atoms with E-state index in [1.54, 1.807) is 30.3 Å². The zero-order chi connectivity index (χ0) is 18.0. The molecule has 0 radical (unpaired) electrons. The van der Waals surface area contributed by atoms with Gasteiger partial charge in [0.1, 0.15) is 0 Å². The lowest BCUT2D eigenvalue weighted by atomic mass is 10.1. The van der Waals surface area contributed by atoms with Gasteiger partial charge < -0.3 is 10.2 Å². The second-order valence-corrected chi connectivity index (χ2v) is 8.45. The van der Waals surface area contributed by atoms with E-state index in [4.69, 9.17) is 0 Å². The molecule has 0 saturated carbocycles.